The Bertz CT molecular complexity index is 353. The lowest BCUT2D eigenvalue weighted by Crippen LogP contribution is -2.13. The third-order valence-corrected chi connectivity index (χ3v) is 4.91. The van der Waals surface area contributed by atoms with Gasteiger partial charge in [0, 0.05) is 0 Å². The van der Waals surface area contributed by atoms with E-state index in [4.69, 9.17) is 32.2 Å². The summed E-state index contributed by atoms with van der Waals surface area (Å²) in [5.41, 5.74) is 0. The second-order valence-corrected chi connectivity index (χ2v) is 6.79. The van der Waals surface area contributed by atoms with Crippen LogP contribution in [-0.4, -0.2) is 18.4 Å². The molecule has 0 N–H and O–H groups in total. The van der Waals surface area contributed by atoms with Crippen LogP contribution in [0.1, 0.15) is 27.7 Å². The van der Waals surface area contributed by atoms with E-state index in [-0.39, 0.29) is 0 Å². The Hall–Kier alpha value is 0.260. The molecule has 0 spiro atoms. The summed E-state index contributed by atoms with van der Waals surface area (Å²) < 4.78 is 58.0. The monoisotopic (exact) mass is 328 g/mol. The zero-order valence-electron chi connectivity index (χ0n) is 10.2. The lowest BCUT2D eigenvalue weighted by molar-refractivity contribution is -0.0848. The minimum absolute atomic E-state index is 0.638. The van der Waals surface area contributed by atoms with E-state index in [2.05, 4.69) is 0 Å². The molecule has 0 aliphatic rings. The minimum Gasteiger partial charge on any atom is -0.302 e. The number of hydrogen-bond acceptors (Lipinski definition) is 3. The summed E-state index contributed by atoms with van der Waals surface area (Å²) in [6, 6.07) is 0. The van der Waals surface area contributed by atoms with Crippen molar-refractivity contribution >= 4 is 30.8 Å². The van der Waals surface area contributed by atoms with Crippen molar-refractivity contribution in [3.05, 3.63) is 9.81 Å². The Kier molecular flexibility index (Phi) is 6.71. The molecular weight excluding hydrogens is 315 g/mol. The van der Waals surface area contributed by atoms with Gasteiger partial charge in [0.1, 0.15) is 5.03 Å². The van der Waals surface area contributed by atoms with E-state index in [1.165, 1.54) is 27.7 Å². The summed E-state index contributed by atoms with van der Waals surface area (Å²) in [6.45, 7) is 5.95. The highest BCUT2D eigenvalue weighted by Gasteiger charge is 2.43. The Balaban J connectivity index is 5.53. The third-order valence-electron chi connectivity index (χ3n) is 1.37. The van der Waals surface area contributed by atoms with Crippen molar-refractivity contribution in [3.8, 4) is 0 Å². The third kappa shape index (κ3) is 5.49. The van der Waals surface area contributed by atoms with Crippen molar-refractivity contribution in [3.63, 3.8) is 0 Å². The van der Waals surface area contributed by atoms with Gasteiger partial charge in [-0.3, -0.25) is 4.57 Å². The maximum atomic E-state index is 12.4. The van der Waals surface area contributed by atoms with Gasteiger partial charge in [0.05, 0.1) is 12.2 Å². The van der Waals surface area contributed by atoms with Gasteiger partial charge in [0.15, 0.2) is 4.77 Å². The maximum Gasteiger partial charge on any atom is 0.428 e. The van der Waals surface area contributed by atoms with Gasteiger partial charge in [-0.15, -0.1) is 0 Å². The molecule has 0 rings (SSSR count). The molecule has 0 saturated heterocycles. The molecule has 0 aromatic carbocycles. The first-order chi connectivity index (χ1) is 7.90. The van der Waals surface area contributed by atoms with E-state index in [1.807, 2.05) is 0 Å². The summed E-state index contributed by atoms with van der Waals surface area (Å²) in [5, 5.41) is -1.70. The number of allylic oxidation sites excluding steroid dienone is 1. The summed E-state index contributed by atoms with van der Waals surface area (Å²) >= 11 is 10.5. The average molecular weight is 329 g/mol. The number of hydrogen-bond donors (Lipinski definition) is 0. The smallest absolute Gasteiger partial charge is 0.302 e. The molecule has 0 bridgehead atoms. The van der Waals surface area contributed by atoms with Gasteiger partial charge < -0.3 is 9.05 Å². The molecule has 0 aliphatic carbocycles. The van der Waals surface area contributed by atoms with Crippen LogP contribution in [0.25, 0.3) is 0 Å². The predicted octanol–water partition coefficient (Wildman–Crippen LogP) is 5.24. The molecular formula is C9H14Cl2F3O3P. The van der Waals surface area contributed by atoms with Crippen LogP contribution < -0.4 is 0 Å². The molecule has 0 atom stereocenters. The first-order valence-electron chi connectivity index (χ1n) is 5.00. The van der Waals surface area contributed by atoms with Gasteiger partial charge >= 0.3 is 13.8 Å². The Morgan fingerprint density at radius 2 is 1.39 bits per heavy atom. The Labute approximate surface area is 114 Å². The molecule has 0 aromatic rings. The number of halogens is 5. The highest BCUT2D eigenvalue weighted by molar-refractivity contribution is 7.61. The van der Waals surface area contributed by atoms with Crippen molar-refractivity contribution < 1.29 is 26.8 Å². The SMILES string of the molecule is CC(C)OP(=O)(OC(C)C)C(Cl)=C(Cl)C(F)(F)F. The Morgan fingerprint density at radius 3 is 1.61 bits per heavy atom. The molecule has 3 nitrogen and oxygen atoms in total. The van der Waals surface area contributed by atoms with Crippen LogP contribution in [0.5, 0.6) is 0 Å². The molecule has 9 heteroatoms. The molecule has 0 fully saturated rings. The van der Waals surface area contributed by atoms with Crippen LogP contribution in [-0.2, 0) is 13.6 Å². The summed E-state index contributed by atoms with van der Waals surface area (Å²) in [6.07, 6.45) is -6.18. The fourth-order valence-electron chi connectivity index (χ4n) is 0.910. The second kappa shape index (κ2) is 6.62. The lowest BCUT2D eigenvalue weighted by Gasteiger charge is -2.23. The lowest BCUT2D eigenvalue weighted by atomic mass is 10.5. The predicted molar refractivity (Wildman–Crippen MR) is 64.8 cm³/mol. The molecule has 18 heavy (non-hydrogen) atoms. The molecule has 0 amide bonds. The van der Waals surface area contributed by atoms with Gasteiger partial charge in [-0.1, -0.05) is 23.2 Å². The fourth-order valence-corrected chi connectivity index (χ4v) is 3.28. The largest absolute Gasteiger partial charge is 0.428 e. The maximum absolute atomic E-state index is 12.4. The first-order valence-corrected chi connectivity index (χ1v) is 7.30. The fraction of sp³-hybridized carbons (Fsp3) is 0.778. The van der Waals surface area contributed by atoms with Crippen molar-refractivity contribution in [2.45, 2.75) is 46.1 Å². The van der Waals surface area contributed by atoms with E-state index in [0.29, 0.717) is 0 Å². The standard InChI is InChI=1S/C9H14Cl2F3O3P/c1-5(2)16-18(15,17-6(3)4)8(11)7(10)9(12,13)14/h5-6H,1-4H3. The Morgan fingerprint density at radius 1 is 1.06 bits per heavy atom. The first kappa shape index (κ1) is 18.3. The van der Waals surface area contributed by atoms with Crippen LogP contribution in [0, 0.1) is 0 Å². The molecule has 0 saturated carbocycles. The van der Waals surface area contributed by atoms with Crippen molar-refractivity contribution in [1.29, 1.82) is 0 Å². The minimum atomic E-state index is -4.91. The number of alkyl halides is 3. The van der Waals surface area contributed by atoms with E-state index >= 15 is 0 Å². The van der Waals surface area contributed by atoms with E-state index in [0.717, 1.165) is 0 Å². The van der Waals surface area contributed by atoms with Gasteiger partial charge in [0.25, 0.3) is 0 Å². The van der Waals surface area contributed by atoms with Gasteiger partial charge in [-0.2, -0.15) is 13.2 Å². The van der Waals surface area contributed by atoms with Crippen LogP contribution in [0.15, 0.2) is 9.81 Å². The van der Waals surface area contributed by atoms with E-state index in [1.54, 1.807) is 0 Å². The van der Waals surface area contributed by atoms with Gasteiger partial charge in [0.2, 0.25) is 0 Å². The number of rotatable bonds is 5. The molecule has 0 heterocycles. The van der Waals surface area contributed by atoms with Gasteiger partial charge in [-0.25, -0.2) is 0 Å². The van der Waals surface area contributed by atoms with E-state index < -0.39 is 35.8 Å². The normalized spacial score (nSPS) is 15.3. The molecule has 0 radical (unpaired) electrons. The topological polar surface area (TPSA) is 35.5 Å². The summed E-state index contributed by atoms with van der Waals surface area (Å²) in [4.78, 5) is 0. The van der Waals surface area contributed by atoms with Crippen LogP contribution in [0.3, 0.4) is 0 Å². The van der Waals surface area contributed by atoms with E-state index in [9.17, 15) is 17.7 Å². The highest BCUT2D eigenvalue weighted by Crippen LogP contribution is 2.62. The summed E-state index contributed by atoms with van der Waals surface area (Å²) in [5.74, 6) is 0. The molecule has 108 valence electrons. The second-order valence-electron chi connectivity index (χ2n) is 3.91. The zero-order valence-corrected chi connectivity index (χ0v) is 12.6. The zero-order chi connectivity index (χ0) is 14.7. The quantitative estimate of drug-likeness (QED) is 0.647. The molecule has 0 aliphatic heterocycles. The molecule has 0 aromatic heterocycles. The summed E-state index contributed by atoms with van der Waals surface area (Å²) in [7, 11) is -4.28. The average Bonchev–Trinajstić information content (AvgIpc) is 2.11. The van der Waals surface area contributed by atoms with Crippen molar-refractivity contribution in [2.24, 2.45) is 0 Å². The van der Waals surface area contributed by atoms with Crippen LogP contribution >= 0.6 is 30.8 Å². The van der Waals surface area contributed by atoms with Gasteiger partial charge in [-0.05, 0) is 27.7 Å². The van der Waals surface area contributed by atoms with Crippen LogP contribution in [0.4, 0.5) is 13.2 Å². The van der Waals surface area contributed by atoms with Crippen molar-refractivity contribution in [2.75, 3.05) is 0 Å². The molecule has 0 unspecified atom stereocenters. The van der Waals surface area contributed by atoms with Crippen molar-refractivity contribution in [1.82, 2.24) is 0 Å². The van der Waals surface area contributed by atoms with Crippen LogP contribution in [0.2, 0.25) is 0 Å². The highest BCUT2D eigenvalue weighted by atomic mass is 35.5.